The lowest BCUT2D eigenvalue weighted by Crippen LogP contribution is -2.19. The largest absolute Gasteiger partial charge is 0.489 e. The van der Waals surface area contributed by atoms with Gasteiger partial charge in [-0.1, -0.05) is 6.07 Å². The van der Waals surface area contributed by atoms with E-state index in [9.17, 15) is 12.8 Å². The molecular weight excluding hydrogens is 369 g/mol. The van der Waals surface area contributed by atoms with E-state index in [0.29, 0.717) is 36.1 Å². The monoisotopic (exact) mass is 389 g/mol. The van der Waals surface area contributed by atoms with Crippen molar-refractivity contribution >= 4 is 15.4 Å². The van der Waals surface area contributed by atoms with Crippen molar-refractivity contribution in [3.05, 3.63) is 53.2 Å². The first-order valence-corrected chi connectivity index (χ1v) is 10.6. The molecule has 0 spiro atoms. The Morgan fingerprint density at radius 3 is 2.81 bits per heavy atom. The van der Waals surface area contributed by atoms with Gasteiger partial charge < -0.3 is 9.64 Å². The summed E-state index contributed by atoms with van der Waals surface area (Å²) < 4.78 is 43.5. The zero-order valence-electron chi connectivity index (χ0n) is 15.1. The van der Waals surface area contributed by atoms with E-state index in [0.717, 1.165) is 30.2 Å². The van der Waals surface area contributed by atoms with Crippen LogP contribution in [0.15, 0.2) is 35.8 Å². The third kappa shape index (κ3) is 3.80. The summed E-state index contributed by atoms with van der Waals surface area (Å²) in [4.78, 5) is 10.2. The minimum absolute atomic E-state index is 0.255. The SMILES string of the molecule is CN1C=C(c2nc(S(C)(=O)=O)ncc2OCC2CC2)c2ccc(F)cc2C1. The van der Waals surface area contributed by atoms with Crippen LogP contribution in [0.5, 0.6) is 5.75 Å². The van der Waals surface area contributed by atoms with Crippen LogP contribution >= 0.6 is 0 Å². The molecule has 1 aromatic heterocycles. The summed E-state index contributed by atoms with van der Waals surface area (Å²) in [6.45, 7) is 1.10. The Kier molecular flexibility index (Phi) is 4.38. The van der Waals surface area contributed by atoms with Gasteiger partial charge in [0.15, 0.2) is 5.75 Å². The van der Waals surface area contributed by atoms with Crippen LogP contribution in [0.3, 0.4) is 0 Å². The van der Waals surface area contributed by atoms with Crippen LogP contribution in [-0.2, 0) is 16.4 Å². The minimum Gasteiger partial charge on any atom is -0.489 e. The Balaban J connectivity index is 1.84. The number of hydrogen-bond donors (Lipinski definition) is 0. The fraction of sp³-hybridized carbons (Fsp3) is 0.368. The van der Waals surface area contributed by atoms with Crippen LogP contribution in [0.25, 0.3) is 5.57 Å². The summed E-state index contributed by atoms with van der Waals surface area (Å²) in [6, 6.07) is 4.57. The molecule has 1 saturated carbocycles. The van der Waals surface area contributed by atoms with Crippen molar-refractivity contribution in [2.45, 2.75) is 24.5 Å². The van der Waals surface area contributed by atoms with Gasteiger partial charge in [-0.3, -0.25) is 0 Å². The number of aromatic nitrogens is 2. The molecule has 0 atom stereocenters. The number of benzene rings is 1. The molecule has 0 radical (unpaired) electrons. The Labute approximate surface area is 157 Å². The third-order valence-corrected chi connectivity index (χ3v) is 5.48. The summed E-state index contributed by atoms with van der Waals surface area (Å²) in [6.07, 6.45) is 6.62. The number of fused-ring (bicyclic) bond motifs is 1. The average Bonchev–Trinajstić information content (AvgIpc) is 3.42. The molecular formula is C19H20FN3O3S. The van der Waals surface area contributed by atoms with E-state index in [1.807, 2.05) is 18.1 Å². The van der Waals surface area contributed by atoms with Crippen LogP contribution in [0, 0.1) is 11.7 Å². The second kappa shape index (κ2) is 6.60. The van der Waals surface area contributed by atoms with E-state index in [1.165, 1.54) is 18.3 Å². The van der Waals surface area contributed by atoms with Crippen LogP contribution in [0.1, 0.15) is 29.7 Å². The quantitative estimate of drug-likeness (QED) is 0.732. The molecule has 2 aliphatic rings. The van der Waals surface area contributed by atoms with Crippen molar-refractivity contribution in [2.75, 3.05) is 19.9 Å². The van der Waals surface area contributed by atoms with E-state index >= 15 is 0 Å². The molecule has 1 fully saturated rings. The molecule has 1 aliphatic heterocycles. The normalized spacial score (nSPS) is 16.7. The summed E-state index contributed by atoms with van der Waals surface area (Å²) in [5.74, 6) is 0.649. The molecule has 1 aliphatic carbocycles. The van der Waals surface area contributed by atoms with Gasteiger partial charge in [0.2, 0.25) is 15.0 Å². The van der Waals surface area contributed by atoms with E-state index in [-0.39, 0.29) is 11.0 Å². The lowest BCUT2D eigenvalue weighted by molar-refractivity contribution is 0.295. The highest BCUT2D eigenvalue weighted by molar-refractivity contribution is 7.90. The standard InChI is InChI=1S/C19H20FN3O3S/c1-23-9-13-7-14(20)5-6-15(13)16(10-23)18-17(26-11-12-3-4-12)8-21-19(22-18)27(2,24)25/h5-8,10,12H,3-4,9,11H2,1-2H3. The van der Waals surface area contributed by atoms with Crippen LogP contribution in [0.2, 0.25) is 0 Å². The van der Waals surface area contributed by atoms with Crippen molar-refractivity contribution in [3.63, 3.8) is 0 Å². The van der Waals surface area contributed by atoms with Gasteiger partial charge in [0.1, 0.15) is 11.5 Å². The fourth-order valence-electron chi connectivity index (χ4n) is 3.07. The van der Waals surface area contributed by atoms with E-state index in [4.69, 9.17) is 4.74 Å². The molecule has 8 heteroatoms. The molecule has 1 aromatic carbocycles. The van der Waals surface area contributed by atoms with E-state index < -0.39 is 9.84 Å². The molecule has 27 heavy (non-hydrogen) atoms. The second-order valence-corrected chi connectivity index (χ2v) is 9.06. The Morgan fingerprint density at radius 1 is 1.33 bits per heavy atom. The summed E-state index contributed by atoms with van der Waals surface area (Å²) >= 11 is 0. The Morgan fingerprint density at radius 2 is 2.11 bits per heavy atom. The predicted molar refractivity (Wildman–Crippen MR) is 98.3 cm³/mol. The fourth-order valence-corrected chi connectivity index (χ4v) is 3.57. The van der Waals surface area contributed by atoms with Gasteiger partial charge in [-0.15, -0.1) is 0 Å². The molecule has 0 bridgehead atoms. The van der Waals surface area contributed by atoms with Crippen molar-refractivity contribution in [2.24, 2.45) is 5.92 Å². The second-order valence-electron chi connectivity index (χ2n) is 7.15. The highest BCUT2D eigenvalue weighted by Gasteiger charge is 2.26. The minimum atomic E-state index is -3.58. The van der Waals surface area contributed by atoms with Gasteiger partial charge in [-0.05, 0) is 42.0 Å². The molecule has 0 saturated heterocycles. The summed E-state index contributed by atoms with van der Waals surface area (Å²) in [7, 11) is -1.70. The topological polar surface area (TPSA) is 72.4 Å². The van der Waals surface area contributed by atoms with Gasteiger partial charge >= 0.3 is 0 Å². The lowest BCUT2D eigenvalue weighted by Gasteiger charge is -2.26. The molecule has 4 rings (SSSR count). The number of sulfone groups is 1. The molecule has 2 aromatic rings. The zero-order valence-corrected chi connectivity index (χ0v) is 16.0. The number of ether oxygens (including phenoxy) is 1. The maximum absolute atomic E-state index is 13.7. The van der Waals surface area contributed by atoms with Gasteiger partial charge in [0.05, 0.1) is 12.8 Å². The first kappa shape index (κ1) is 17.9. The molecule has 0 N–H and O–H groups in total. The predicted octanol–water partition coefficient (Wildman–Crippen LogP) is 2.64. The zero-order chi connectivity index (χ0) is 19.2. The van der Waals surface area contributed by atoms with E-state index in [1.54, 1.807) is 6.07 Å². The molecule has 6 nitrogen and oxygen atoms in total. The highest BCUT2D eigenvalue weighted by atomic mass is 32.2. The number of hydrogen-bond acceptors (Lipinski definition) is 6. The van der Waals surface area contributed by atoms with Crippen LogP contribution < -0.4 is 4.74 Å². The van der Waals surface area contributed by atoms with E-state index in [2.05, 4.69) is 9.97 Å². The molecule has 142 valence electrons. The first-order chi connectivity index (χ1) is 12.8. The summed E-state index contributed by atoms with van der Waals surface area (Å²) in [5, 5.41) is -0.255. The number of nitrogens with zero attached hydrogens (tertiary/aromatic N) is 3. The molecule has 0 unspecified atom stereocenters. The van der Waals surface area contributed by atoms with Crippen LogP contribution in [0.4, 0.5) is 4.39 Å². The smallest absolute Gasteiger partial charge is 0.247 e. The third-order valence-electron chi connectivity index (χ3n) is 4.62. The van der Waals surface area contributed by atoms with Gasteiger partial charge in [0.25, 0.3) is 0 Å². The maximum atomic E-state index is 13.7. The van der Waals surface area contributed by atoms with Crippen molar-refractivity contribution in [3.8, 4) is 5.75 Å². The molecule has 0 amide bonds. The number of rotatable bonds is 5. The Bertz CT molecular complexity index is 1030. The average molecular weight is 389 g/mol. The van der Waals surface area contributed by atoms with Crippen LogP contribution in [-0.4, -0.2) is 43.2 Å². The maximum Gasteiger partial charge on any atom is 0.247 e. The first-order valence-electron chi connectivity index (χ1n) is 8.72. The Hall–Kier alpha value is -2.48. The van der Waals surface area contributed by atoms with Gasteiger partial charge in [-0.25, -0.2) is 22.8 Å². The highest BCUT2D eigenvalue weighted by Crippen LogP contribution is 2.36. The summed E-state index contributed by atoms with van der Waals surface area (Å²) in [5.41, 5.74) is 2.72. The lowest BCUT2D eigenvalue weighted by atomic mass is 9.94. The molecule has 2 heterocycles. The van der Waals surface area contributed by atoms with Crippen molar-refractivity contribution in [1.82, 2.24) is 14.9 Å². The van der Waals surface area contributed by atoms with Gasteiger partial charge in [0, 0.05) is 31.6 Å². The number of halogens is 1. The van der Waals surface area contributed by atoms with Crippen molar-refractivity contribution in [1.29, 1.82) is 0 Å². The van der Waals surface area contributed by atoms with Crippen molar-refractivity contribution < 1.29 is 17.5 Å². The van der Waals surface area contributed by atoms with Gasteiger partial charge in [-0.2, -0.15) is 0 Å².